The monoisotopic (exact) mass is 284 g/mol. The fourth-order valence-corrected chi connectivity index (χ4v) is 2.96. The van der Waals surface area contributed by atoms with Gasteiger partial charge in [-0.2, -0.15) is 0 Å². The maximum Gasteiger partial charge on any atom is 0.320 e. The van der Waals surface area contributed by atoms with Crippen LogP contribution in [0.5, 0.6) is 0 Å². The van der Waals surface area contributed by atoms with Gasteiger partial charge in [0.15, 0.2) is 5.92 Å². The lowest BCUT2D eigenvalue weighted by Gasteiger charge is -2.19. The van der Waals surface area contributed by atoms with Gasteiger partial charge in [0.1, 0.15) is 5.78 Å². The van der Waals surface area contributed by atoms with E-state index in [9.17, 15) is 14.4 Å². The molecule has 1 aliphatic rings. The summed E-state index contributed by atoms with van der Waals surface area (Å²) in [4.78, 5) is 34.8. The van der Waals surface area contributed by atoms with Crippen molar-refractivity contribution in [1.82, 2.24) is 0 Å². The van der Waals surface area contributed by atoms with Crippen LogP contribution in [0.4, 0.5) is 0 Å². The molecular weight excluding hydrogens is 260 g/mol. The van der Waals surface area contributed by atoms with Crippen LogP contribution in [0.3, 0.4) is 0 Å². The summed E-state index contributed by atoms with van der Waals surface area (Å²) in [5, 5.41) is 0. The summed E-state index contributed by atoms with van der Waals surface area (Å²) in [6, 6.07) is 0. The Bertz CT molecular complexity index is 347. The molecular formula is C15H24O5. The zero-order valence-corrected chi connectivity index (χ0v) is 12.5. The molecule has 5 heteroatoms. The second kappa shape index (κ2) is 8.02. The van der Waals surface area contributed by atoms with Crippen molar-refractivity contribution in [3.05, 3.63) is 0 Å². The second-order valence-corrected chi connectivity index (χ2v) is 5.39. The van der Waals surface area contributed by atoms with E-state index in [0.29, 0.717) is 18.8 Å². The smallest absolute Gasteiger partial charge is 0.320 e. The quantitative estimate of drug-likeness (QED) is 0.529. The summed E-state index contributed by atoms with van der Waals surface area (Å²) >= 11 is 0. The Morgan fingerprint density at radius 2 is 1.70 bits per heavy atom. The minimum Gasteiger partial charge on any atom is -0.468 e. The number of ether oxygens (including phenoxy) is 2. The maximum atomic E-state index is 11.7. The highest BCUT2D eigenvalue weighted by Crippen LogP contribution is 2.39. The number of carbonyl (C=O) groups excluding carboxylic acids is 3. The van der Waals surface area contributed by atoms with Gasteiger partial charge in [-0.15, -0.1) is 0 Å². The van der Waals surface area contributed by atoms with E-state index in [1.165, 1.54) is 14.2 Å². The molecule has 0 spiro atoms. The summed E-state index contributed by atoms with van der Waals surface area (Å²) in [5.74, 6) is -1.22. The third-order valence-corrected chi connectivity index (χ3v) is 4.19. The molecule has 1 rings (SSSR count). The van der Waals surface area contributed by atoms with Crippen molar-refractivity contribution >= 4 is 17.7 Å². The van der Waals surface area contributed by atoms with Crippen molar-refractivity contribution in [2.24, 2.45) is 17.8 Å². The SMILES string of the molecule is CCC(=O)CCC1CCC(C(C(=O)OC)C(=O)OC)C1. The Morgan fingerprint density at radius 3 is 2.20 bits per heavy atom. The Labute approximate surface area is 120 Å². The molecule has 1 aliphatic carbocycles. The number of esters is 2. The number of Topliss-reactive ketones (excluding diaryl/α,β-unsaturated/α-hetero) is 1. The Morgan fingerprint density at radius 1 is 1.10 bits per heavy atom. The number of hydrogen-bond acceptors (Lipinski definition) is 5. The van der Waals surface area contributed by atoms with Gasteiger partial charge in [0, 0.05) is 12.8 Å². The highest BCUT2D eigenvalue weighted by Gasteiger charge is 2.40. The van der Waals surface area contributed by atoms with Crippen LogP contribution >= 0.6 is 0 Å². The van der Waals surface area contributed by atoms with Crippen LogP contribution in [-0.2, 0) is 23.9 Å². The van der Waals surface area contributed by atoms with E-state index in [0.717, 1.165) is 25.7 Å². The number of methoxy groups -OCH3 is 2. The molecule has 0 saturated heterocycles. The van der Waals surface area contributed by atoms with Gasteiger partial charge in [-0.3, -0.25) is 14.4 Å². The normalized spacial score (nSPS) is 21.8. The van der Waals surface area contributed by atoms with E-state index in [4.69, 9.17) is 9.47 Å². The predicted octanol–water partition coefficient (Wildman–Crippen LogP) is 2.12. The number of rotatable bonds is 7. The second-order valence-electron chi connectivity index (χ2n) is 5.39. The molecule has 1 fully saturated rings. The zero-order valence-electron chi connectivity index (χ0n) is 12.5. The molecule has 1 saturated carbocycles. The fraction of sp³-hybridized carbons (Fsp3) is 0.800. The van der Waals surface area contributed by atoms with Crippen molar-refractivity contribution in [3.8, 4) is 0 Å². The molecule has 0 aromatic heterocycles. The molecule has 0 bridgehead atoms. The van der Waals surface area contributed by atoms with Gasteiger partial charge in [0.2, 0.25) is 0 Å². The van der Waals surface area contributed by atoms with Crippen molar-refractivity contribution in [3.63, 3.8) is 0 Å². The molecule has 2 unspecified atom stereocenters. The van der Waals surface area contributed by atoms with E-state index < -0.39 is 17.9 Å². The third kappa shape index (κ3) is 4.32. The molecule has 20 heavy (non-hydrogen) atoms. The van der Waals surface area contributed by atoms with Crippen LogP contribution in [0.25, 0.3) is 0 Å². The predicted molar refractivity (Wildman–Crippen MR) is 72.9 cm³/mol. The molecule has 0 radical (unpaired) electrons. The van der Waals surface area contributed by atoms with Gasteiger partial charge in [-0.05, 0) is 31.1 Å². The maximum absolute atomic E-state index is 11.7. The molecule has 114 valence electrons. The first-order valence-electron chi connectivity index (χ1n) is 7.20. The Hall–Kier alpha value is -1.39. The molecule has 0 heterocycles. The van der Waals surface area contributed by atoms with Crippen LogP contribution in [-0.4, -0.2) is 31.9 Å². The molecule has 0 N–H and O–H groups in total. The molecule has 0 aromatic carbocycles. The van der Waals surface area contributed by atoms with Crippen LogP contribution in [0.1, 0.15) is 45.4 Å². The topological polar surface area (TPSA) is 69.7 Å². The highest BCUT2D eigenvalue weighted by atomic mass is 16.5. The largest absolute Gasteiger partial charge is 0.468 e. The Kier molecular flexibility index (Phi) is 6.68. The van der Waals surface area contributed by atoms with Crippen molar-refractivity contribution in [2.45, 2.75) is 45.4 Å². The van der Waals surface area contributed by atoms with Gasteiger partial charge >= 0.3 is 11.9 Å². The summed E-state index contributed by atoms with van der Waals surface area (Å²) in [6.07, 6.45) is 4.55. The average Bonchev–Trinajstić information content (AvgIpc) is 2.92. The lowest BCUT2D eigenvalue weighted by Crippen LogP contribution is -2.32. The number of carbonyl (C=O) groups is 3. The van der Waals surface area contributed by atoms with Crippen LogP contribution in [0.2, 0.25) is 0 Å². The van der Waals surface area contributed by atoms with Gasteiger partial charge in [-0.1, -0.05) is 13.3 Å². The first kappa shape index (κ1) is 16.7. The lowest BCUT2D eigenvalue weighted by molar-refractivity contribution is -0.161. The van der Waals surface area contributed by atoms with E-state index in [1.54, 1.807) is 0 Å². The van der Waals surface area contributed by atoms with Crippen LogP contribution < -0.4 is 0 Å². The standard InChI is InChI=1S/C15H24O5/c1-4-12(16)8-6-10-5-7-11(9-10)13(14(17)19-2)15(18)20-3/h10-11,13H,4-9H2,1-3H3. The zero-order chi connectivity index (χ0) is 15.1. The van der Waals surface area contributed by atoms with Gasteiger partial charge in [0.05, 0.1) is 14.2 Å². The minimum absolute atomic E-state index is 0.0309. The Balaban J connectivity index is 2.57. The summed E-state index contributed by atoms with van der Waals surface area (Å²) in [6.45, 7) is 1.87. The lowest BCUT2D eigenvalue weighted by atomic mass is 9.89. The summed E-state index contributed by atoms with van der Waals surface area (Å²) in [7, 11) is 2.56. The third-order valence-electron chi connectivity index (χ3n) is 4.19. The fourth-order valence-electron chi connectivity index (χ4n) is 2.96. The number of ketones is 1. The van der Waals surface area contributed by atoms with Crippen molar-refractivity contribution in [1.29, 1.82) is 0 Å². The minimum atomic E-state index is -0.822. The molecule has 2 atom stereocenters. The van der Waals surface area contributed by atoms with Gasteiger partial charge < -0.3 is 9.47 Å². The van der Waals surface area contributed by atoms with Gasteiger partial charge in [-0.25, -0.2) is 0 Å². The molecule has 0 aliphatic heterocycles. The summed E-state index contributed by atoms with van der Waals surface area (Å²) in [5.41, 5.74) is 0. The molecule has 0 amide bonds. The van der Waals surface area contributed by atoms with E-state index in [2.05, 4.69) is 0 Å². The summed E-state index contributed by atoms with van der Waals surface area (Å²) < 4.78 is 9.41. The van der Waals surface area contributed by atoms with E-state index in [1.807, 2.05) is 6.92 Å². The first-order chi connectivity index (χ1) is 9.53. The molecule has 0 aromatic rings. The highest BCUT2D eigenvalue weighted by molar-refractivity contribution is 5.95. The molecule has 5 nitrogen and oxygen atoms in total. The van der Waals surface area contributed by atoms with Gasteiger partial charge in [0.25, 0.3) is 0 Å². The average molecular weight is 284 g/mol. The van der Waals surface area contributed by atoms with Crippen LogP contribution in [0.15, 0.2) is 0 Å². The van der Waals surface area contributed by atoms with Crippen molar-refractivity contribution in [2.75, 3.05) is 14.2 Å². The van der Waals surface area contributed by atoms with E-state index in [-0.39, 0.29) is 11.7 Å². The number of hydrogen-bond donors (Lipinski definition) is 0. The van der Waals surface area contributed by atoms with Crippen molar-refractivity contribution < 1.29 is 23.9 Å². The first-order valence-corrected chi connectivity index (χ1v) is 7.20. The van der Waals surface area contributed by atoms with E-state index >= 15 is 0 Å². The van der Waals surface area contributed by atoms with Crippen LogP contribution in [0, 0.1) is 17.8 Å².